The Hall–Kier alpha value is -0.160. The Bertz CT molecular complexity index is 236. The summed E-state index contributed by atoms with van der Waals surface area (Å²) in [6, 6.07) is 0. The molecule has 25 heavy (non-hydrogen) atoms. The van der Waals surface area contributed by atoms with Gasteiger partial charge in [0.15, 0.2) is 0 Å². The van der Waals surface area contributed by atoms with Gasteiger partial charge in [-0.1, -0.05) is 103 Å². The lowest BCUT2D eigenvalue weighted by Gasteiger charge is -2.07. The fourth-order valence-corrected chi connectivity index (χ4v) is 2.95. The summed E-state index contributed by atoms with van der Waals surface area (Å²) < 4.78 is 0. The first kappa shape index (κ1) is 24.8. The lowest BCUT2D eigenvalue weighted by Crippen LogP contribution is -2.19. The first-order chi connectivity index (χ1) is 12.3. The van der Waals surface area contributed by atoms with E-state index in [1.165, 1.54) is 96.3 Å². The molecular weight excluding hydrogens is 316 g/mol. The van der Waals surface area contributed by atoms with E-state index in [2.05, 4.69) is 6.92 Å². The highest BCUT2D eigenvalue weighted by Gasteiger charge is 2.01. The molecule has 0 spiro atoms. The zero-order valence-corrected chi connectivity index (χ0v) is 16.7. The Kier molecular flexibility index (Phi) is 21.7. The summed E-state index contributed by atoms with van der Waals surface area (Å²) >= 11 is 0. The van der Waals surface area contributed by atoms with Gasteiger partial charge in [-0.3, -0.25) is 0 Å². The Balaban J connectivity index is 2.98. The molecule has 0 aromatic heterocycles. The van der Waals surface area contributed by atoms with Crippen LogP contribution in [0.25, 0.3) is 0 Å². The monoisotopic (exact) mass is 360 g/mol. The maximum atomic E-state index is 9.05. The van der Waals surface area contributed by atoms with Crippen molar-refractivity contribution in [1.82, 2.24) is 0 Å². The average Bonchev–Trinajstić information content (AvgIpc) is 2.63. The van der Waals surface area contributed by atoms with E-state index in [9.17, 15) is 0 Å². The predicted molar refractivity (Wildman–Crippen MR) is 105 cm³/mol. The van der Waals surface area contributed by atoms with Crippen LogP contribution in [0.4, 0.5) is 0 Å². The molecule has 4 nitrogen and oxygen atoms in total. The van der Waals surface area contributed by atoms with Gasteiger partial charge in [0.05, 0.1) is 13.2 Å². The molecule has 0 aliphatic heterocycles. The van der Waals surface area contributed by atoms with Crippen LogP contribution in [-0.2, 0) is 9.78 Å². The highest BCUT2D eigenvalue weighted by Crippen LogP contribution is 2.13. The van der Waals surface area contributed by atoms with Crippen molar-refractivity contribution in [1.29, 1.82) is 0 Å². The third-order valence-corrected chi connectivity index (χ3v) is 4.64. The third kappa shape index (κ3) is 21.8. The number of rotatable bonds is 21. The van der Waals surface area contributed by atoms with Crippen molar-refractivity contribution in [3.8, 4) is 0 Å². The van der Waals surface area contributed by atoms with Crippen molar-refractivity contribution in [2.24, 2.45) is 0 Å². The van der Waals surface area contributed by atoms with Gasteiger partial charge in [0.2, 0.25) is 0 Å². The number of aliphatic hydroxyl groups excluding tert-OH is 2. The topological polar surface area (TPSA) is 58.9 Å². The highest BCUT2D eigenvalue weighted by atomic mass is 17.2. The van der Waals surface area contributed by atoms with Gasteiger partial charge in [0.1, 0.15) is 12.7 Å². The van der Waals surface area contributed by atoms with E-state index in [4.69, 9.17) is 20.0 Å². The van der Waals surface area contributed by atoms with Gasteiger partial charge < -0.3 is 10.2 Å². The van der Waals surface area contributed by atoms with Crippen LogP contribution in [0.15, 0.2) is 0 Å². The Morgan fingerprint density at radius 3 is 1.40 bits per heavy atom. The molecule has 152 valence electrons. The van der Waals surface area contributed by atoms with Crippen LogP contribution in [0, 0.1) is 0 Å². The van der Waals surface area contributed by atoms with Crippen LogP contribution in [0.3, 0.4) is 0 Å². The van der Waals surface area contributed by atoms with Gasteiger partial charge in [-0.05, 0) is 6.42 Å². The van der Waals surface area contributed by atoms with Crippen LogP contribution in [-0.4, -0.2) is 36.1 Å². The number of hydrogen-bond acceptors (Lipinski definition) is 4. The molecule has 0 aliphatic carbocycles. The van der Waals surface area contributed by atoms with Crippen molar-refractivity contribution >= 4 is 0 Å². The summed E-state index contributed by atoms with van der Waals surface area (Å²) in [5.74, 6) is 0. The molecule has 0 saturated carbocycles. The van der Waals surface area contributed by atoms with Gasteiger partial charge in [-0.25, -0.2) is 9.78 Å². The van der Waals surface area contributed by atoms with Gasteiger partial charge >= 0.3 is 0 Å². The first-order valence-electron chi connectivity index (χ1n) is 10.8. The molecule has 4 heteroatoms. The van der Waals surface area contributed by atoms with Crippen LogP contribution in [0.5, 0.6) is 0 Å². The van der Waals surface area contributed by atoms with Crippen LogP contribution in [0.2, 0.25) is 0 Å². The first-order valence-corrected chi connectivity index (χ1v) is 10.8. The molecule has 0 radical (unpaired) electrons. The molecule has 0 amide bonds. The Labute approximate surface area is 156 Å². The van der Waals surface area contributed by atoms with E-state index in [-0.39, 0.29) is 13.2 Å². The fourth-order valence-electron chi connectivity index (χ4n) is 2.95. The molecule has 0 saturated heterocycles. The van der Waals surface area contributed by atoms with Gasteiger partial charge in [0, 0.05) is 0 Å². The normalized spacial score (nSPS) is 12.6. The van der Waals surface area contributed by atoms with E-state index in [0.29, 0.717) is 6.61 Å². The average molecular weight is 361 g/mol. The van der Waals surface area contributed by atoms with E-state index >= 15 is 0 Å². The number of aliphatic hydroxyl groups is 2. The molecule has 0 heterocycles. The molecule has 2 N–H and O–H groups in total. The molecule has 0 rings (SSSR count). The molecule has 1 unspecified atom stereocenters. The van der Waals surface area contributed by atoms with Crippen molar-refractivity contribution in [3.63, 3.8) is 0 Å². The summed E-state index contributed by atoms with van der Waals surface area (Å²) in [6.45, 7) is 2.59. The minimum atomic E-state index is -0.842. The summed E-state index contributed by atoms with van der Waals surface area (Å²) in [5, 5.41) is 17.6. The lowest BCUT2D eigenvalue weighted by molar-refractivity contribution is -0.306. The van der Waals surface area contributed by atoms with E-state index < -0.39 is 6.10 Å². The summed E-state index contributed by atoms with van der Waals surface area (Å²) in [6.07, 6.45) is 20.8. The molecule has 0 fully saturated rings. The summed E-state index contributed by atoms with van der Waals surface area (Å²) in [5.41, 5.74) is 0. The molecule has 0 bridgehead atoms. The summed E-state index contributed by atoms with van der Waals surface area (Å²) in [4.78, 5) is 9.75. The van der Waals surface area contributed by atoms with E-state index in [1.54, 1.807) is 0 Å². The smallest absolute Gasteiger partial charge is 0.110 e. The van der Waals surface area contributed by atoms with E-state index in [0.717, 1.165) is 6.42 Å². The fraction of sp³-hybridized carbons (Fsp3) is 1.00. The maximum absolute atomic E-state index is 9.05. The Morgan fingerprint density at radius 1 is 0.600 bits per heavy atom. The largest absolute Gasteiger partial charge is 0.394 e. The quantitative estimate of drug-likeness (QED) is 0.160. The maximum Gasteiger partial charge on any atom is 0.110 e. The second kappa shape index (κ2) is 21.9. The standard InChI is InChI=1S/C21H44O4/c1-2-3-4-5-6-7-8-9-10-11-12-13-14-15-16-17-18-24-25-20-21(23)19-22/h21-23H,2-20H2,1H3. The lowest BCUT2D eigenvalue weighted by atomic mass is 10.0. The third-order valence-electron chi connectivity index (χ3n) is 4.64. The summed E-state index contributed by atoms with van der Waals surface area (Å²) in [7, 11) is 0. The molecule has 0 aliphatic rings. The second-order valence-corrected chi connectivity index (χ2v) is 7.25. The van der Waals surface area contributed by atoms with E-state index in [1.807, 2.05) is 0 Å². The van der Waals surface area contributed by atoms with Crippen LogP contribution in [0.1, 0.15) is 110 Å². The molecule has 0 aromatic rings. The second-order valence-electron chi connectivity index (χ2n) is 7.25. The number of hydrogen-bond donors (Lipinski definition) is 2. The van der Waals surface area contributed by atoms with Crippen molar-refractivity contribution in [2.75, 3.05) is 19.8 Å². The number of unbranched alkanes of at least 4 members (excludes halogenated alkanes) is 15. The zero-order chi connectivity index (χ0) is 18.4. The van der Waals surface area contributed by atoms with Crippen LogP contribution >= 0.6 is 0 Å². The SMILES string of the molecule is CCCCCCCCCCCCCCCCCCOOCC(O)CO. The predicted octanol–water partition coefficient (Wildman–Crippen LogP) is 5.55. The van der Waals surface area contributed by atoms with Crippen molar-refractivity contribution < 1.29 is 20.0 Å². The van der Waals surface area contributed by atoms with Gasteiger partial charge in [0.25, 0.3) is 0 Å². The van der Waals surface area contributed by atoms with Crippen molar-refractivity contribution in [3.05, 3.63) is 0 Å². The molecule has 1 atom stereocenters. The Morgan fingerprint density at radius 2 is 1.00 bits per heavy atom. The van der Waals surface area contributed by atoms with Gasteiger partial charge in [-0.15, -0.1) is 0 Å². The highest BCUT2D eigenvalue weighted by molar-refractivity contribution is 4.50. The zero-order valence-electron chi connectivity index (χ0n) is 16.7. The minimum Gasteiger partial charge on any atom is -0.394 e. The molecule has 0 aromatic carbocycles. The van der Waals surface area contributed by atoms with Gasteiger partial charge in [-0.2, -0.15) is 0 Å². The van der Waals surface area contributed by atoms with Crippen LogP contribution < -0.4 is 0 Å². The minimum absolute atomic E-state index is 0.0371. The molecular formula is C21H44O4. The van der Waals surface area contributed by atoms with Crippen molar-refractivity contribution in [2.45, 2.75) is 116 Å².